The van der Waals surface area contributed by atoms with E-state index < -0.39 is 0 Å². The fourth-order valence-electron chi connectivity index (χ4n) is 3.70. The van der Waals surface area contributed by atoms with Crippen LogP contribution in [0.5, 0.6) is 11.5 Å². The van der Waals surface area contributed by atoms with E-state index >= 15 is 0 Å². The molecule has 174 valence electrons. The summed E-state index contributed by atoms with van der Waals surface area (Å²) < 4.78 is 11.6. The number of nitrogens with zero attached hydrogens (tertiary/aromatic N) is 2. The van der Waals surface area contributed by atoms with Crippen LogP contribution in [0.1, 0.15) is 44.2 Å². The monoisotopic (exact) mass is 454 g/mol. The van der Waals surface area contributed by atoms with E-state index in [-0.39, 0.29) is 5.91 Å². The molecule has 3 aromatic rings. The summed E-state index contributed by atoms with van der Waals surface area (Å²) in [6, 6.07) is 25.4. The summed E-state index contributed by atoms with van der Waals surface area (Å²) in [6.07, 6.45) is 2.99. The zero-order valence-electron chi connectivity index (χ0n) is 19.9. The molecule has 0 aromatic heterocycles. The second-order valence-electron chi connectivity index (χ2n) is 8.34. The average Bonchev–Trinajstić information content (AvgIpc) is 3.16. The van der Waals surface area contributed by atoms with Gasteiger partial charge in [-0.2, -0.15) is 10.1 Å². The van der Waals surface area contributed by atoms with Crippen molar-refractivity contribution in [3.05, 3.63) is 95.6 Å². The molecule has 0 N–H and O–H groups in total. The van der Waals surface area contributed by atoms with Crippen molar-refractivity contribution in [3.63, 3.8) is 0 Å². The first-order valence-corrected chi connectivity index (χ1v) is 11.7. The number of carbonyl (C=O) groups excluding carboxylic acids is 1. The predicted octanol–water partition coefficient (Wildman–Crippen LogP) is 6.46. The first-order chi connectivity index (χ1) is 16.5. The maximum atomic E-state index is 12.9. The minimum atomic E-state index is -0.127. The van der Waals surface area contributed by atoms with Gasteiger partial charge in [-0.25, -0.2) is 0 Å². The van der Waals surface area contributed by atoms with E-state index in [2.05, 4.69) is 31.1 Å². The Morgan fingerprint density at radius 3 is 2.06 bits per heavy atom. The highest BCUT2D eigenvalue weighted by Crippen LogP contribution is 2.25. The second-order valence-corrected chi connectivity index (χ2v) is 8.34. The molecule has 1 atom stereocenters. The van der Waals surface area contributed by atoms with Crippen LogP contribution < -0.4 is 14.5 Å². The summed E-state index contributed by atoms with van der Waals surface area (Å²) in [6.45, 7) is 7.18. The summed E-state index contributed by atoms with van der Waals surface area (Å²) in [5, 5.41) is 5.86. The maximum absolute atomic E-state index is 12.9. The molecule has 0 bridgehead atoms. The standard InChI is InChI=1S/C29H30N2O3/c1-4-21(2)24-12-16-27(17-13-24)34-19-18-33-26-14-10-23(11-15-26)20-28-22(3)30-31(29(28)32)25-8-6-5-7-9-25/h5-17,20-21H,4,18-19H2,1-3H3. The van der Waals surface area contributed by atoms with Crippen molar-refractivity contribution in [2.24, 2.45) is 5.10 Å². The molecule has 0 aliphatic carbocycles. The SMILES string of the molecule is CCC(C)c1ccc(OCCOc2ccc(C=C3C(=O)N(c4ccccc4)N=C3C)cc2)cc1. The molecule has 5 nitrogen and oxygen atoms in total. The van der Waals surface area contributed by atoms with Crippen LogP contribution >= 0.6 is 0 Å². The number of hydrazone groups is 1. The molecule has 0 spiro atoms. The molecule has 5 heteroatoms. The third kappa shape index (κ3) is 5.54. The van der Waals surface area contributed by atoms with E-state index in [1.807, 2.05) is 79.7 Å². The van der Waals surface area contributed by atoms with Crippen molar-refractivity contribution in [3.8, 4) is 11.5 Å². The van der Waals surface area contributed by atoms with E-state index in [1.54, 1.807) is 0 Å². The van der Waals surface area contributed by atoms with Gasteiger partial charge in [0.1, 0.15) is 24.7 Å². The van der Waals surface area contributed by atoms with Crippen LogP contribution in [-0.2, 0) is 4.79 Å². The van der Waals surface area contributed by atoms with Gasteiger partial charge in [0.25, 0.3) is 5.91 Å². The average molecular weight is 455 g/mol. The lowest BCUT2D eigenvalue weighted by atomic mass is 9.99. The Kier molecular flexibility index (Phi) is 7.43. The molecular formula is C29H30N2O3. The summed E-state index contributed by atoms with van der Waals surface area (Å²) in [7, 11) is 0. The first-order valence-electron chi connectivity index (χ1n) is 11.7. The zero-order valence-corrected chi connectivity index (χ0v) is 19.9. The summed E-state index contributed by atoms with van der Waals surface area (Å²) in [5.41, 5.74) is 4.29. The van der Waals surface area contributed by atoms with Gasteiger partial charge in [-0.3, -0.25) is 4.79 Å². The van der Waals surface area contributed by atoms with Gasteiger partial charge in [-0.15, -0.1) is 0 Å². The Bertz CT molecular complexity index is 1170. The highest BCUT2D eigenvalue weighted by molar-refractivity contribution is 6.32. The van der Waals surface area contributed by atoms with Gasteiger partial charge in [-0.05, 0) is 72.9 Å². The van der Waals surface area contributed by atoms with E-state index in [0.29, 0.717) is 30.4 Å². The Morgan fingerprint density at radius 1 is 0.882 bits per heavy atom. The molecule has 0 saturated carbocycles. The van der Waals surface area contributed by atoms with Gasteiger partial charge >= 0.3 is 0 Å². The number of benzene rings is 3. The van der Waals surface area contributed by atoms with Crippen LogP contribution in [0.3, 0.4) is 0 Å². The van der Waals surface area contributed by atoms with Crippen LogP contribution in [0.25, 0.3) is 6.08 Å². The quantitative estimate of drug-likeness (QED) is 0.275. The molecule has 1 unspecified atom stereocenters. The topological polar surface area (TPSA) is 51.1 Å². The first kappa shape index (κ1) is 23.3. The van der Waals surface area contributed by atoms with Gasteiger partial charge in [0.2, 0.25) is 0 Å². The number of hydrogen-bond donors (Lipinski definition) is 0. The molecular weight excluding hydrogens is 424 g/mol. The highest BCUT2D eigenvalue weighted by Gasteiger charge is 2.28. The fraction of sp³-hybridized carbons (Fsp3) is 0.241. The van der Waals surface area contributed by atoms with Crippen molar-refractivity contribution < 1.29 is 14.3 Å². The zero-order chi connectivity index (χ0) is 23.9. The van der Waals surface area contributed by atoms with Crippen LogP contribution in [0.15, 0.2) is 89.5 Å². The van der Waals surface area contributed by atoms with E-state index in [0.717, 1.165) is 29.2 Å². The Labute approximate surface area is 201 Å². The summed E-state index contributed by atoms with van der Waals surface area (Å²) >= 11 is 0. The van der Waals surface area contributed by atoms with Gasteiger partial charge in [0, 0.05) is 0 Å². The molecule has 3 aromatic carbocycles. The predicted molar refractivity (Wildman–Crippen MR) is 138 cm³/mol. The number of amides is 1. The van der Waals surface area contributed by atoms with Crippen molar-refractivity contribution in [2.45, 2.75) is 33.1 Å². The molecule has 1 amide bonds. The summed E-state index contributed by atoms with van der Waals surface area (Å²) in [4.78, 5) is 12.9. The number of anilines is 1. The van der Waals surface area contributed by atoms with Crippen molar-refractivity contribution in [1.82, 2.24) is 0 Å². The lowest BCUT2D eigenvalue weighted by Crippen LogP contribution is -2.21. The largest absolute Gasteiger partial charge is 0.490 e. The number of para-hydroxylation sites is 1. The molecule has 1 heterocycles. The Hall–Kier alpha value is -3.86. The second kappa shape index (κ2) is 10.8. The van der Waals surface area contributed by atoms with Gasteiger partial charge in [-0.1, -0.05) is 56.3 Å². The fourth-order valence-corrected chi connectivity index (χ4v) is 3.70. The normalized spacial score (nSPS) is 15.4. The van der Waals surface area contributed by atoms with Crippen LogP contribution in [0, 0.1) is 0 Å². The molecule has 4 rings (SSSR count). The van der Waals surface area contributed by atoms with E-state index in [9.17, 15) is 4.79 Å². The smallest absolute Gasteiger partial charge is 0.280 e. The van der Waals surface area contributed by atoms with Crippen molar-refractivity contribution >= 4 is 23.4 Å². The van der Waals surface area contributed by atoms with Crippen LogP contribution in [-0.4, -0.2) is 24.8 Å². The number of ether oxygens (including phenoxy) is 2. The molecule has 0 saturated heterocycles. The van der Waals surface area contributed by atoms with Gasteiger partial charge in [0.05, 0.1) is 17.0 Å². The third-order valence-corrected chi connectivity index (χ3v) is 5.94. The third-order valence-electron chi connectivity index (χ3n) is 5.94. The molecule has 1 aliphatic heterocycles. The number of hydrogen-bond acceptors (Lipinski definition) is 4. The van der Waals surface area contributed by atoms with Crippen molar-refractivity contribution in [1.29, 1.82) is 0 Å². The summed E-state index contributed by atoms with van der Waals surface area (Å²) in [5.74, 6) is 2.03. The minimum absolute atomic E-state index is 0.127. The van der Waals surface area contributed by atoms with Crippen molar-refractivity contribution in [2.75, 3.05) is 18.2 Å². The molecule has 0 radical (unpaired) electrons. The molecule has 0 fully saturated rings. The lowest BCUT2D eigenvalue weighted by molar-refractivity contribution is -0.114. The molecule has 34 heavy (non-hydrogen) atoms. The minimum Gasteiger partial charge on any atom is -0.490 e. The molecule has 1 aliphatic rings. The maximum Gasteiger partial charge on any atom is 0.280 e. The number of carbonyl (C=O) groups is 1. The van der Waals surface area contributed by atoms with Gasteiger partial charge in [0.15, 0.2) is 0 Å². The number of rotatable bonds is 9. The van der Waals surface area contributed by atoms with Gasteiger partial charge < -0.3 is 9.47 Å². The highest BCUT2D eigenvalue weighted by atomic mass is 16.5. The van der Waals surface area contributed by atoms with E-state index in [4.69, 9.17) is 9.47 Å². The van der Waals surface area contributed by atoms with E-state index in [1.165, 1.54) is 10.6 Å². The Balaban J connectivity index is 1.29. The van der Waals surface area contributed by atoms with Crippen LogP contribution in [0.4, 0.5) is 5.69 Å². The Morgan fingerprint density at radius 2 is 1.47 bits per heavy atom. The lowest BCUT2D eigenvalue weighted by Gasteiger charge is -2.11. The van der Waals surface area contributed by atoms with Crippen LogP contribution in [0.2, 0.25) is 0 Å².